The summed E-state index contributed by atoms with van der Waals surface area (Å²) in [6, 6.07) is 5.33. The molecule has 0 saturated carbocycles. The van der Waals surface area contributed by atoms with Crippen LogP contribution in [0.2, 0.25) is 0 Å². The number of benzene rings is 1. The van der Waals surface area contributed by atoms with Crippen molar-refractivity contribution in [1.29, 1.82) is 0 Å². The highest BCUT2D eigenvalue weighted by Crippen LogP contribution is 2.26. The van der Waals surface area contributed by atoms with E-state index in [2.05, 4.69) is 9.46 Å². The van der Waals surface area contributed by atoms with Crippen molar-refractivity contribution in [2.45, 2.75) is 19.3 Å². The third-order valence-corrected chi connectivity index (χ3v) is 3.91. The fourth-order valence-corrected chi connectivity index (χ4v) is 2.71. The van der Waals surface area contributed by atoms with Crippen LogP contribution in [0.25, 0.3) is 0 Å². The minimum Gasteiger partial charge on any atom is -0.405 e. The number of sulfonamides is 1. The number of hydrogen-bond acceptors (Lipinski definition) is 3. The largest absolute Gasteiger partial charge is 0.573 e. The second kappa shape index (κ2) is 7.14. The summed E-state index contributed by atoms with van der Waals surface area (Å²) < 4.78 is 65.6. The number of hydrogen-bond donors (Lipinski definition) is 1. The van der Waals surface area contributed by atoms with Crippen LogP contribution >= 0.6 is 11.6 Å². The molecule has 0 aliphatic heterocycles. The van der Waals surface area contributed by atoms with Gasteiger partial charge in [0.05, 0.1) is 5.75 Å². The van der Waals surface area contributed by atoms with Crippen LogP contribution in [0, 0.1) is 0 Å². The molecular formula is C11H13ClF3NO3S. The maximum Gasteiger partial charge on any atom is 0.573 e. The maximum atomic E-state index is 12.2. The first-order chi connectivity index (χ1) is 9.23. The summed E-state index contributed by atoms with van der Waals surface area (Å²) in [6.07, 6.45) is -4.56. The second-order valence-corrected chi connectivity index (χ2v) is 6.14. The Balaban J connectivity index is 2.73. The quantitative estimate of drug-likeness (QED) is 0.781. The minimum atomic E-state index is -4.83. The Morgan fingerprint density at radius 1 is 1.25 bits per heavy atom. The molecule has 0 bridgehead atoms. The van der Waals surface area contributed by atoms with E-state index in [9.17, 15) is 21.6 Å². The number of halogens is 4. The van der Waals surface area contributed by atoms with Gasteiger partial charge in [0.1, 0.15) is 5.75 Å². The molecule has 0 saturated heterocycles. The lowest BCUT2D eigenvalue weighted by Crippen LogP contribution is -2.27. The van der Waals surface area contributed by atoms with E-state index in [1.807, 2.05) is 0 Å². The van der Waals surface area contributed by atoms with Crippen molar-refractivity contribution in [3.8, 4) is 5.75 Å². The zero-order valence-electron chi connectivity index (χ0n) is 10.3. The molecule has 0 aromatic heterocycles. The first kappa shape index (κ1) is 17.1. The summed E-state index contributed by atoms with van der Waals surface area (Å²) in [5.41, 5.74) is 0.0965. The molecule has 1 aromatic rings. The molecule has 4 nitrogen and oxygen atoms in total. The van der Waals surface area contributed by atoms with Gasteiger partial charge in [0.2, 0.25) is 10.0 Å². The van der Waals surface area contributed by atoms with Crippen LogP contribution in [0.5, 0.6) is 5.75 Å². The Morgan fingerprint density at radius 3 is 2.50 bits per heavy atom. The highest BCUT2D eigenvalue weighted by Gasteiger charge is 2.32. The Hall–Kier alpha value is -0.990. The van der Waals surface area contributed by atoms with Crippen molar-refractivity contribution in [2.24, 2.45) is 0 Å². The van der Waals surface area contributed by atoms with Crippen LogP contribution in [0.4, 0.5) is 13.2 Å². The lowest BCUT2D eigenvalue weighted by atomic mass is 10.2. The Kier molecular flexibility index (Phi) is 6.09. The monoisotopic (exact) mass is 331 g/mol. The van der Waals surface area contributed by atoms with Gasteiger partial charge in [0.15, 0.2) is 0 Å². The molecule has 0 fully saturated rings. The van der Waals surface area contributed by atoms with E-state index < -0.39 is 22.1 Å². The summed E-state index contributed by atoms with van der Waals surface area (Å²) in [6.45, 7) is -0.281. The van der Waals surface area contributed by atoms with E-state index in [1.54, 1.807) is 0 Å². The van der Waals surface area contributed by atoms with E-state index in [0.717, 1.165) is 6.07 Å². The molecule has 0 aliphatic carbocycles. The van der Waals surface area contributed by atoms with Crippen molar-refractivity contribution >= 4 is 21.6 Å². The summed E-state index contributed by atoms with van der Waals surface area (Å²) in [7, 11) is -3.57. The van der Waals surface area contributed by atoms with Gasteiger partial charge in [0.25, 0.3) is 0 Å². The van der Waals surface area contributed by atoms with E-state index >= 15 is 0 Å². The Morgan fingerprint density at radius 2 is 1.90 bits per heavy atom. The van der Waals surface area contributed by atoms with Gasteiger partial charge in [-0.3, -0.25) is 0 Å². The average molecular weight is 332 g/mol. The molecule has 20 heavy (non-hydrogen) atoms. The van der Waals surface area contributed by atoms with Crippen LogP contribution < -0.4 is 9.46 Å². The van der Waals surface area contributed by atoms with E-state index in [-0.39, 0.29) is 30.2 Å². The minimum absolute atomic E-state index is 0.0965. The normalized spacial score (nSPS) is 12.4. The fraction of sp³-hybridized carbons (Fsp3) is 0.455. The zero-order valence-corrected chi connectivity index (χ0v) is 11.9. The predicted molar refractivity (Wildman–Crippen MR) is 69.1 cm³/mol. The van der Waals surface area contributed by atoms with Crippen LogP contribution in [-0.4, -0.2) is 26.4 Å². The van der Waals surface area contributed by atoms with Crippen molar-refractivity contribution in [2.75, 3.05) is 11.6 Å². The molecule has 114 valence electrons. The van der Waals surface area contributed by atoms with Gasteiger partial charge in [-0.1, -0.05) is 18.2 Å². The van der Waals surface area contributed by atoms with Crippen LogP contribution in [-0.2, 0) is 16.6 Å². The highest BCUT2D eigenvalue weighted by atomic mass is 35.5. The van der Waals surface area contributed by atoms with Crippen molar-refractivity contribution in [3.63, 3.8) is 0 Å². The topological polar surface area (TPSA) is 55.4 Å². The first-order valence-corrected chi connectivity index (χ1v) is 7.79. The summed E-state index contributed by atoms with van der Waals surface area (Å²) in [4.78, 5) is 0. The molecule has 0 heterocycles. The van der Waals surface area contributed by atoms with Crippen molar-refractivity contribution in [3.05, 3.63) is 29.8 Å². The van der Waals surface area contributed by atoms with E-state index in [1.165, 1.54) is 18.2 Å². The molecule has 0 unspecified atom stereocenters. The van der Waals surface area contributed by atoms with Gasteiger partial charge in [-0.05, 0) is 12.5 Å². The molecule has 1 aromatic carbocycles. The summed E-state index contributed by atoms with van der Waals surface area (Å²) in [5.74, 6) is -0.423. The summed E-state index contributed by atoms with van der Waals surface area (Å²) >= 11 is 5.39. The third-order valence-electron chi connectivity index (χ3n) is 2.23. The molecule has 1 rings (SSSR count). The van der Waals surface area contributed by atoms with Crippen LogP contribution in [0.1, 0.15) is 12.0 Å². The molecule has 9 heteroatoms. The number of alkyl halides is 4. The average Bonchev–Trinajstić information content (AvgIpc) is 2.34. The van der Waals surface area contributed by atoms with Gasteiger partial charge < -0.3 is 4.74 Å². The third kappa shape index (κ3) is 6.44. The number of ether oxygens (including phenoxy) is 1. The van der Waals surface area contributed by atoms with Crippen molar-refractivity contribution in [1.82, 2.24) is 4.72 Å². The lowest BCUT2D eigenvalue weighted by Gasteiger charge is -2.13. The lowest BCUT2D eigenvalue weighted by molar-refractivity contribution is -0.274. The van der Waals surface area contributed by atoms with Gasteiger partial charge in [-0.2, -0.15) is 0 Å². The van der Waals surface area contributed by atoms with Crippen molar-refractivity contribution < 1.29 is 26.3 Å². The summed E-state index contributed by atoms with van der Waals surface area (Å²) in [5, 5.41) is 0. The molecule has 0 amide bonds. The van der Waals surface area contributed by atoms with Crippen LogP contribution in [0.15, 0.2) is 24.3 Å². The second-order valence-electron chi connectivity index (χ2n) is 3.84. The molecular weight excluding hydrogens is 319 g/mol. The van der Waals surface area contributed by atoms with Crippen LogP contribution in [0.3, 0.4) is 0 Å². The smallest absolute Gasteiger partial charge is 0.405 e. The Bertz CT molecular complexity index is 534. The molecule has 0 spiro atoms. The molecule has 0 atom stereocenters. The fourth-order valence-electron chi connectivity index (χ4n) is 1.38. The first-order valence-electron chi connectivity index (χ1n) is 5.60. The zero-order chi connectivity index (χ0) is 15.2. The SMILES string of the molecule is O=S(=O)(CCCCl)NCc1ccccc1OC(F)(F)F. The standard InChI is InChI=1S/C11H13ClF3NO3S/c12-6-3-7-20(17,18)16-8-9-4-1-2-5-10(9)19-11(13,14)15/h1-2,4-5,16H,3,6-8H2. The number of rotatable bonds is 7. The van der Waals surface area contributed by atoms with Gasteiger partial charge in [0, 0.05) is 18.0 Å². The molecule has 0 radical (unpaired) electrons. The van der Waals surface area contributed by atoms with E-state index in [4.69, 9.17) is 11.6 Å². The van der Waals surface area contributed by atoms with Gasteiger partial charge in [-0.25, -0.2) is 13.1 Å². The highest BCUT2D eigenvalue weighted by molar-refractivity contribution is 7.89. The predicted octanol–water partition coefficient (Wildman–Crippen LogP) is 2.63. The number of nitrogens with one attached hydrogen (secondary N) is 1. The molecule has 0 aliphatic rings. The Labute approximate surface area is 119 Å². The number of para-hydroxylation sites is 1. The molecule has 1 N–H and O–H groups in total. The van der Waals surface area contributed by atoms with Gasteiger partial charge in [-0.15, -0.1) is 24.8 Å². The van der Waals surface area contributed by atoms with Gasteiger partial charge >= 0.3 is 6.36 Å². The van der Waals surface area contributed by atoms with E-state index in [0.29, 0.717) is 0 Å². The maximum absolute atomic E-state index is 12.2.